The van der Waals surface area contributed by atoms with E-state index in [1.54, 1.807) is 30.3 Å². The van der Waals surface area contributed by atoms with Gasteiger partial charge in [0.05, 0.1) is 30.9 Å². The Balaban J connectivity index is 1.37. The molecule has 0 bridgehead atoms. The molecule has 1 saturated heterocycles. The second kappa shape index (κ2) is 13.1. The van der Waals surface area contributed by atoms with E-state index in [1.807, 2.05) is 6.92 Å². The van der Waals surface area contributed by atoms with Crippen LogP contribution in [0.1, 0.15) is 44.9 Å². The summed E-state index contributed by atoms with van der Waals surface area (Å²) in [5.74, 6) is 1.39. The number of hydrogen-bond acceptors (Lipinski definition) is 8. The maximum absolute atomic E-state index is 14.1. The number of halogens is 3. The van der Waals surface area contributed by atoms with Crippen LogP contribution in [0, 0.1) is 5.92 Å². The zero-order chi connectivity index (χ0) is 28.1. The molecular formula is C28H38F3N7O2. The van der Waals surface area contributed by atoms with Crippen LogP contribution < -0.4 is 10.2 Å². The van der Waals surface area contributed by atoms with Crippen molar-refractivity contribution in [1.82, 2.24) is 24.4 Å². The van der Waals surface area contributed by atoms with Gasteiger partial charge in [-0.1, -0.05) is 12.1 Å². The lowest BCUT2D eigenvalue weighted by molar-refractivity contribution is 0.0673. The molecule has 1 aliphatic heterocycles. The van der Waals surface area contributed by atoms with Crippen LogP contribution in [-0.4, -0.2) is 94.3 Å². The normalized spacial score (nSPS) is 20.9. The molecule has 0 spiro atoms. The minimum atomic E-state index is -2.77. The highest BCUT2D eigenvalue weighted by atomic mass is 19.3. The highest BCUT2D eigenvalue weighted by Crippen LogP contribution is 2.31. The Labute approximate surface area is 232 Å². The van der Waals surface area contributed by atoms with Crippen LogP contribution in [0.15, 0.2) is 30.3 Å². The number of aliphatic hydroxyl groups is 1. The number of aliphatic hydroxyl groups excluding tert-OH is 1. The monoisotopic (exact) mass is 561 g/mol. The molecule has 1 unspecified atom stereocenters. The van der Waals surface area contributed by atoms with E-state index in [0.717, 1.165) is 25.7 Å². The number of morpholine rings is 1. The molecule has 9 nitrogen and oxygen atoms in total. The summed E-state index contributed by atoms with van der Waals surface area (Å²) in [6, 6.07) is 8.84. The maximum atomic E-state index is 14.1. The maximum Gasteiger partial charge on any atom is 0.296 e. The molecule has 12 heteroatoms. The number of ether oxygens (including phenoxy) is 1. The van der Waals surface area contributed by atoms with Crippen molar-refractivity contribution in [3.8, 4) is 5.82 Å². The summed E-state index contributed by atoms with van der Waals surface area (Å²) in [5, 5.41) is 12.8. The van der Waals surface area contributed by atoms with Crippen molar-refractivity contribution >= 4 is 22.8 Å². The number of para-hydroxylation sites is 2. The Kier molecular flexibility index (Phi) is 9.38. The Morgan fingerprint density at radius 3 is 2.50 bits per heavy atom. The van der Waals surface area contributed by atoms with Gasteiger partial charge in [0.15, 0.2) is 5.82 Å². The Morgan fingerprint density at radius 1 is 1.07 bits per heavy atom. The average Bonchev–Trinajstić information content (AvgIpc) is 3.39. The van der Waals surface area contributed by atoms with Gasteiger partial charge in [-0.25, -0.2) is 18.2 Å². The summed E-state index contributed by atoms with van der Waals surface area (Å²) in [6.07, 6.45) is 0.989. The van der Waals surface area contributed by atoms with Crippen LogP contribution in [0.25, 0.3) is 16.9 Å². The van der Waals surface area contributed by atoms with Gasteiger partial charge in [0.2, 0.25) is 5.95 Å². The van der Waals surface area contributed by atoms with E-state index in [0.29, 0.717) is 73.9 Å². The first kappa shape index (κ1) is 28.6. The number of benzene rings is 1. The van der Waals surface area contributed by atoms with Crippen molar-refractivity contribution in [3.63, 3.8) is 0 Å². The SMILES string of the molecule is CC(CF)N(CCO)[C@H]1CC[C@H](CNc2nc(N3CCOCC3)cc(-n3c(C(F)F)nc4ccccc43)n2)CC1. The smallest absolute Gasteiger partial charge is 0.296 e. The van der Waals surface area contributed by atoms with Crippen LogP contribution in [0.2, 0.25) is 0 Å². The van der Waals surface area contributed by atoms with Gasteiger partial charge in [0.25, 0.3) is 6.43 Å². The minimum Gasteiger partial charge on any atom is -0.395 e. The lowest BCUT2D eigenvalue weighted by Gasteiger charge is -2.39. The van der Waals surface area contributed by atoms with E-state index < -0.39 is 13.1 Å². The molecule has 2 N–H and O–H groups in total. The van der Waals surface area contributed by atoms with Gasteiger partial charge < -0.3 is 20.1 Å². The van der Waals surface area contributed by atoms with E-state index in [-0.39, 0.29) is 24.5 Å². The molecule has 3 heterocycles. The summed E-state index contributed by atoms with van der Waals surface area (Å²) in [5.41, 5.74) is 1.04. The largest absolute Gasteiger partial charge is 0.395 e. The van der Waals surface area contributed by atoms with Crippen molar-refractivity contribution in [2.45, 2.75) is 51.1 Å². The zero-order valence-corrected chi connectivity index (χ0v) is 22.9. The molecule has 1 atom stereocenters. The fraction of sp³-hybridized carbons (Fsp3) is 0.607. The molecule has 2 aromatic heterocycles. The summed E-state index contributed by atoms with van der Waals surface area (Å²) < 4.78 is 48.5. The quantitative estimate of drug-likeness (QED) is 0.360. The highest BCUT2D eigenvalue weighted by Gasteiger charge is 2.29. The van der Waals surface area contributed by atoms with Gasteiger partial charge in [-0.05, 0) is 50.7 Å². The van der Waals surface area contributed by atoms with Gasteiger partial charge in [-0.15, -0.1) is 0 Å². The molecule has 1 aliphatic carbocycles. The van der Waals surface area contributed by atoms with Crippen molar-refractivity contribution in [2.75, 3.05) is 62.9 Å². The first-order valence-electron chi connectivity index (χ1n) is 14.1. The number of nitrogens with one attached hydrogen (secondary N) is 1. The predicted molar refractivity (Wildman–Crippen MR) is 148 cm³/mol. The first-order chi connectivity index (χ1) is 19.5. The number of imidazole rings is 1. The molecule has 5 rings (SSSR count). The van der Waals surface area contributed by atoms with Gasteiger partial charge in [0.1, 0.15) is 18.3 Å². The van der Waals surface area contributed by atoms with E-state index in [9.17, 15) is 18.3 Å². The summed E-state index contributed by atoms with van der Waals surface area (Å²) >= 11 is 0. The number of aromatic nitrogens is 4. The zero-order valence-electron chi connectivity index (χ0n) is 22.9. The van der Waals surface area contributed by atoms with Crippen LogP contribution in [0.5, 0.6) is 0 Å². The van der Waals surface area contributed by atoms with Crippen molar-refractivity contribution < 1.29 is 23.0 Å². The molecule has 1 saturated carbocycles. The number of nitrogens with zero attached hydrogens (tertiary/aromatic N) is 6. The van der Waals surface area contributed by atoms with Crippen molar-refractivity contribution in [2.24, 2.45) is 5.92 Å². The number of fused-ring (bicyclic) bond motifs is 1. The number of anilines is 2. The van der Waals surface area contributed by atoms with Crippen molar-refractivity contribution in [1.29, 1.82) is 0 Å². The van der Waals surface area contributed by atoms with Crippen LogP contribution >= 0.6 is 0 Å². The Bertz CT molecular complexity index is 1250. The molecule has 0 radical (unpaired) electrons. The second-order valence-corrected chi connectivity index (χ2v) is 10.6. The van der Waals surface area contributed by atoms with E-state index >= 15 is 0 Å². The summed E-state index contributed by atoms with van der Waals surface area (Å²) in [6.45, 7) is 5.00. The second-order valence-electron chi connectivity index (χ2n) is 10.6. The van der Waals surface area contributed by atoms with Gasteiger partial charge in [-0.2, -0.15) is 9.97 Å². The fourth-order valence-electron chi connectivity index (χ4n) is 5.89. The van der Waals surface area contributed by atoms with Gasteiger partial charge in [-0.3, -0.25) is 9.47 Å². The van der Waals surface area contributed by atoms with E-state index in [4.69, 9.17) is 9.72 Å². The Hall–Kier alpha value is -2.96. The molecule has 2 fully saturated rings. The molecule has 218 valence electrons. The number of hydrogen-bond donors (Lipinski definition) is 2. The molecule has 3 aromatic rings. The summed E-state index contributed by atoms with van der Waals surface area (Å²) in [7, 11) is 0. The average molecular weight is 562 g/mol. The molecule has 2 aliphatic rings. The van der Waals surface area contributed by atoms with Crippen LogP contribution in [0.3, 0.4) is 0 Å². The van der Waals surface area contributed by atoms with Gasteiger partial charge in [0, 0.05) is 44.3 Å². The predicted octanol–water partition coefficient (Wildman–Crippen LogP) is 4.21. The van der Waals surface area contributed by atoms with Gasteiger partial charge >= 0.3 is 0 Å². The third-order valence-corrected chi connectivity index (χ3v) is 8.03. The molecule has 40 heavy (non-hydrogen) atoms. The Morgan fingerprint density at radius 2 is 1.80 bits per heavy atom. The lowest BCUT2D eigenvalue weighted by atomic mass is 9.85. The first-order valence-corrected chi connectivity index (χ1v) is 14.1. The van der Waals surface area contributed by atoms with E-state index in [2.05, 4.69) is 25.1 Å². The highest BCUT2D eigenvalue weighted by molar-refractivity contribution is 5.78. The molecular weight excluding hydrogens is 523 g/mol. The van der Waals surface area contributed by atoms with E-state index in [1.165, 1.54) is 4.57 Å². The molecule has 0 amide bonds. The number of rotatable bonds is 11. The third-order valence-electron chi connectivity index (χ3n) is 8.03. The summed E-state index contributed by atoms with van der Waals surface area (Å²) in [4.78, 5) is 17.8. The van der Waals surface area contributed by atoms with Crippen LogP contribution in [-0.2, 0) is 4.74 Å². The fourth-order valence-corrected chi connectivity index (χ4v) is 5.89. The molecule has 1 aromatic carbocycles. The lowest BCUT2D eigenvalue weighted by Crippen LogP contribution is -2.46. The minimum absolute atomic E-state index is 0.0183. The third kappa shape index (κ3) is 6.34. The van der Waals surface area contributed by atoms with Crippen LogP contribution in [0.4, 0.5) is 24.9 Å². The standard InChI is InChI=1S/C28H38F3N7O2/c1-19(17-29)37(10-13-39)21-8-6-20(7-9-21)18-32-28-34-24(36-11-14-40-15-12-36)16-25(35-28)38-23-5-3-2-4-22(23)33-27(38)26(30)31/h2-5,16,19-21,26,39H,6-15,17-18H2,1H3,(H,32,34,35)/t19?,20-,21-. The van der Waals surface area contributed by atoms with Crippen molar-refractivity contribution in [3.05, 3.63) is 36.2 Å². The number of alkyl halides is 3. The topological polar surface area (TPSA) is 91.6 Å².